The lowest BCUT2D eigenvalue weighted by Gasteiger charge is -2.28. The predicted molar refractivity (Wildman–Crippen MR) is 142 cm³/mol. The predicted octanol–water partition coefficient (Wildman–Crippen LogP) is -0.787. The van der Waals surface area contributed by atoms with Crippen LogP contribution >= 0.6 is 0 Å². The van der Waals surface area contributed by atoms with Gasteiger partial charge in [-0.1, -0.05) is 18.2 Å². The zero-order chi connectivity index (χ0) is 29.4. The number of fused-ring (bicyclic) bond motifs is 1. The first-order valence-electron chi connectivity index (χ1n) is 12.9. The van der Waals surface area contributed by atoms with Gasteiger partial charge in [0.05, 0.1) is 6.04 Å². The van der Waals surface area contributed by atoms with Gasteiger partial charge in [-0.25, -0.2) is 4.79 Å². The minimum absolute atomic E-state index is 0.00958. The van der Waals surface area contributed by atoms with Crippen molar-refractivity contribution in [3.63, 3.8) is 0 Å². The van der Waals surface area contributed by atoms with E-state index in [-0.39, 0.29) is 38.6 Å². The van der Waals surface area contributed by atoms with Crippen LogP contribution in [0.2, 0.25) is 0 Å². The van der Waals surface area contributed by atoms with Crippen molar-refractivity contribution in [3.8, 4) is 0 Å². The molecule has 3 rings (SSSR count). The molecule has 0 spiro atoms. The molecule has 2 aromatic rings. The van der Waals surface area contributed by atoms with E-state index < -0.39 is 66.2 Å². The third-order valence-corrected chi connectivity index (χ3v) is 6.85. The molecule has 4 unspecified atom stereocenters. The highest BCUT2D eigenvalue weighted by Gasteiger charge is 2.38. The van der Waals surface area contributed by atoms with Crippen LogP contribution in [0.4, 0.5) is 0 Å². The topological polar surface area (TPSA) is 238 Å². The highest BCUT2D eigenvalue weighted by Crippen LogP contribution is 2.21. The number of aromatic nitrogens is 1. The molecule has 1 aliphatic heterocycles. The molecule has 1 saturated heterocycles. The average molecular weight is 559 g/mol. The molecule has 0 saturated carbocycles. The number of aliphatic carboxylic acids is 2. The fourth-order valence-corrected chi connectivity index (χ4v) is 4.73. The summed E-state index contributed by atoms with van der Waals surface area (Å²) in [4.78, 5) is 77.7. The Morgan fingerprint density at radius 3 is 2.42 bits per heavy atom. The number of nitrogens with two attached hydrogens (primary N) is 2. The highest BCUT2D eigenvalue weighted by molar-refractivity contribution is 5.95. The zero-order valence-electron chi connectivity index (χ0n) is 21.8. The molecule has 1 aromatic carbocycles. The number of primary amides is 1. The fourth-order valence-electron chi connectivity index (χ4n) is 4.73. The third-order valence-electron chi connectivity index (χ3n) is 6.85. The molecule has 1 fully saturated rings. The number of nitrogens with one attached hydrogen (secondary N) is 3. The summed E-state index contributed by atoms with van der Waals surface area (Å²) in [6.07, 6.45) is 1.51. The lowest BCUT2D eigenvalue weighted by molar-refractivity contribution is -0.143. The molecule has 2 heterocycles. The largest absolute Gasteiger partial charge is 0.481 e. The molecule has 4 amide bonds. The number of carbonyl (C=O) groups is 6. The number of carboxylic acids is 2. The SMILES string of the molecule is NC(=O)CCC(N)C(=O)N1CCCC1C(=O)NC(CCC(=O)O)C(=O)NC(Cc1c[nH]c2ccccc12)C(=O)O. The number of rotatable bonds is 14. The van der Waals surface area contributed by atoms with Gasteiger partial charge in [0.25, 0.3) is 0 Å². The number of hydrogen-bond donors (Lipinski definition) is 7. The Morgan fingerprint density at radius 1 is 1.02 bits per heavy atom. The van der Waals surface area contributed by atoms with Crippen LogP contribution in [0.3, 0.4) is 0 Å². The Labute approximate surface area is 229 Å². The van der Waals surface area contributed by atoms with E-state index in [0.717, 1.165) is 10.9 Å². The highest BCUT2D eigenvalue weighted by atomic mass is 16.4. The van der Waals surface area contributed by atoms with E-state index in [2.05, 4.69) is 15.6 Å². The minimum atomic E-state index is -1.37. The van der Waals surface area contributed by atoms with Crippen LogP contribution < -0.4 is 22.1 Å². The summed E-state index contributed by atoms with van der Waals surface area (Å²) in [5, 5.41) is 24.6. The quantitative estimate of drug-likeness (QED) is 0.154. The van der Waals surface area contributed by atoms with Gasteiger partial charge < -0.3 is 42.2 Å². The van der Waals surface area contributed by atoms with Gasteiger partial charge in [-0.3, -0.25) is 24.0 Å². The van der Waals surface area contributed by atoms with E-state index in [0.29, 0.717) is 12.0 Å². The summed E-state index contributed by atoms with van der Waals surface area (Å²) in [6, 6.07) is 2.52. The standard InChI is InChI=1S/C26H34N6O8/c27-16(7-9-21(28)33)25(38)32-11-3-6-20(32)24(37)30-18(8-10-22(34)35)23(36)31-19(26(39)40)12-14-13-29-17-5-2-1-4-15(14)17/h1-2,4-5,13,16,18-20,29H,3,6-12,27H2,(H2,28,33)(H,30,37)(H,31,36)(H,34,35)(H,39,40). The summed E-state index contributed by atoms with van der Waals surface area (Å²) in [5.41, 5.74) is 12.5. The van der Waals surface area contributed by atoms with Gasteiger partial charge in [-0.05, 0) is 37.3 Å². The summed E-state index contributed by atoms with van der Waals surface area (Å²) in [6.45, 7) is 0.235. The number of amides is 4. The van der Waals surface area contributed by atoms with Crippen LogP contribution in [0, 0.1) is 0 Å². The van der Waals surface area contributed by atoms with Crippen molar-refractivity contribution in [2.45, 2.75) is 69.1 Å². The second-order valence-corrected chi connectivity index (χ2v) is 9.76. The van der Waals surface area contributed by atoms with Gasteiger partial charge in [0.15, 0.2) is 0 Å². The number of hydrogen-bond acceptors (Lipinski definition) is 7. The van der Waals surface area contributed by atoms with E-state index in [9.17, 15) is 33.9 Å². The zero-order valence-corrected chi connectivity index (χ0v) is 21.8. The summed E-state index contributed by atoms with van der Waals surface area (Å²) < 4.78 is 0. The van der Waals surface area contributed by atoms with Gasteiger partial charge in [0, 0.05) is 42.9 Å². The number of H-pyrrole nitrogens is 1. The van der Waals surface area contributed by atoms with Crippen LogP contribution in [-0.2, 0) is 35.2 Å². The molecule has 0 radical (unpaired) electrons. The number of likely N-dealkylation sites (tertiary alicyclic amines) is 1. The van der Waals surface area contributed by atoms with E-state index in [1.165, 1.54) is 4.90 Å². The van der Waals surface area contributed by atoms with Crippen molar-refractivity contribution >= 4 is 46.5 Å². The van der Waals surface area contributed by atoms with E-state index in [1.54, 1.807) is 12.3 Å². The molecular weight excluding hydrogens is 524 g/mol. The van der Waals surface area contributed by atoms with Crippen LogP contribution in [0.25, 0.3) is 10.9 Å². The second-order valence-electron chi connectivity index (χ2n) is 9.76. The summed E-state index contributed by atoms with van der Waals surface area (Å²) >= 11 is 0. The first kappa shape index (κ1) is 30.1. The normalized spacial score (nSPS) is 17.1. The fraction of sp³-hybridized carbons (Fsp3) is 0.462. The van der Waals surface area contributed by atoms with Gasteiger partial charge >= 0.3 is 11.9 Å². The lowest BCUT2D eigenvalue weighted by atomic mass is 10.0. The van der Waals surface area contributed by atoms with Crippen molar-refractivity contribution in [1.29, 1.82) is 0 Å². The molecule has 14 heteroatoms. The molecule has 0 bridgehead atoms. The Kier molecular flexibility index (Phi) is 10.2. The Hall–Kier alpha value is -4.46. The molecule has 40 heavy (non-hydrogen) atoms. The van der Waals surface area contributed by atoms with Crippen molar-refractivity contribution in [2.24, 2.45) is 11.5 Å². The Bertz CT molecular complexity index is 1280. The minimum Gasteiger partial charge on any atom is -0.481 e. The Balaban J connectivity index is 1.71. The maximum absolute atomic E-state index is 13.2. The van der Waals surface area contributed by atoms with Crippen LogP contribution in [-0.4, -0.2) is 86.4 Å². The van der Waals surface area contributed by atoms with Gasteiger partial charge in [0.2, 0.25) is 23.6 Å². The number of benzene rings is 1. The smallest absolute Gasteiger partial charge is 0.326 e. The molecular formula is C26H34N6O8. The number of carbonyl (C=O) groups excluding carboxylic acids is 4. The van der Waals surface area contributed by atoms with E-state index >= 15 is 0 Å². The Morgan fingerprint density at radius 2 is 1.75 bits per heavy atom. The van der Waals surface area contributed by atoms with Crippen molar-refractivity contribution in [3.05, 3.63) is 36.0 Å². The van der Waals surface area contributed by atoms with Crippen molar-refractivity contribution < 1.29 is 39.0 Å². The molecule has 1 aliphatic rings. The van der Waals surface area contributed by atoms with Gasteiger partial charge in [0.1, 0.15) is 18.1 Å². The molecule has 216 valence electrons. The van der Waals surface area contributed by atoms with Gasteiger partial charge in [-0.2, -0.15) is 0 Å². The maximum Gasteiger partial charge on any atom is 0.326 e. The molecule has 9 N–H and O–H groups in total. The van der Waals surface area contributed by atoms with Crippen molar-refractivity contribution in [1.82, 2.24) is 20.5 Å². The number of aromatic amines is 1. The third kappa shape index (κ3) is 7.79. The molecule has 4 atom stereocenters. The van der Waals surface area contributed by atoms with E-state index in [4.69, 9.17) is 16.6 Å². The lowest BCUT2D eigenvalue weighted by Crippen LogP contribution is -2.57. The molecule has 1 aromatic heterocycles. The molecule has 0 aliphatic carbocycles. The van der Waals surface area contributed by atoms with Gasteiger partial charge in [-0.15, -0.1) is 0 Å². The van der Waals surface area contributed by atoms with Crippen LogP contribution in [0.5, 0.6) is 0 Å². The van der Waals surface area contributed by atoms with Crippen LogP contribution in [0.15, 0.2) is 30.5 Å². The second kappa shape index (κ2) is 13.6. The summed E-state index contributed by atoms with van der Waals surface area (Å²) in [5.74, 6) is -5.23. The number of nitrogens with zero attached hydrogens (tertiary/aromatic N) is 1. The maximum atomic E-state index is 13.2. The number of carboxylic acid groups (broad SMARTS) is 2. The average Bonchev–Trinajstić information content (AvgIpc) is 3.56. The number of para-hydroxylation sites is 1. The van der Waals surface area contributed by atoms with Crippen molar-refractivity contribution in [2.75, 3.05) is 6.54 Å². The molecule has 14 nitrogen and oxygen atoms in total. The van der Waals surface area contributed by atoms with E-state index in [1.807, 2.05) is 18.2 Å². The summed E-state index contributed by atoms with van der Waals surface area (Å²) in [7, 11) is 0. The monoisotopic (exact) mass is 558 g/mol. The first-order chi connectivity index (χ1) is 19.0. The van der Waals surface area contributed by atoms with Crippen LogP contribution in [0.1, 0.15) is 44.1 Å². The first-order valence-corrected chi connectivity index (χ1v) is 12.9.